The van der Waals surface area contributed by atoms with Crippen LogP contribution in [-0.2, 0) is 11.3 Å². The fraction of sp³-hybridized carbons (Fsp3) is 0.727. The highest BCUT2D eigenvalue weighted by molar-refractivity contribution is 5.96. The molecule has 1 aromatic rings. The van der Waals surface area contributed by atoms with Gasteiger partial charge in [0.25, 0.3) is 5.56 Å². The van der Waals surface area contributed by atoms with Gasteiger partial charge in [-0.05, 0) is 32.9 Å². The van der Waals surface area contributed by atoms with Gasteiger partial charge in [-0.25, -0.2) is 4.79 Å². The van der Waals surface area contributed by atoms with Gasteiger partial charge in [-0.2, -0.15) is 0 Å². The molecule has 182 valence electrons. The maximum Gasteiger partial charge on any atom is 0.331 e. The van der Waals surface area contributed by atoms with Crippen LogP contribution in [0.4, 0.5) is 0 Å². The SMILES string of the molecule is CCCCn1c(O)c(C(=N)N)c(=O)[nH]c1=O.CN(C)CC(CC1CCCCC1)N(C)C=O. The molecule has 32 heavy (non-hydrogen) atoms. The molecule has 1 aromatic heterocycles. The van der Waals surface area contributed by atoms with Crippen molar-refractivity contribution in [2.75, 3.05) is 27.7 Å². The first-order valence-electron chi connectivity index (χ1n) is 11.3. The van der Waals surface area contributed by atoms with Gasteiger partial charge in [-0.1, -0.05) is 45.4 Å². The van der Waals surface area contributed by atoms with E-state index in [9.17, 15) is 19.5 Å². The van der Waals surface area contributed by atoms with Gasteiger partial charge in [0, 0.05) is 26.2 Å². The lowest BCUT2D eigenvalue weighted by Gasteiger charge is -2.32. The molecule has 1 amide bonds. The highest BCUT2D eigenvalue weighted by Crippen LogP contribution is 2.28. The molecule has 0 radical (unpaired) electrons. The van der Waals surface area contributed by atoms with Crippen molar-refractivity contribution >= 4 is 12.2 Å². The van der Waals surface area contributed by atoms with Gasteiger partial charge in [0.15, 0.2) is 0 Å². The lowest BCUT2D eigenvalue weighted by molar-refractivity contribution is -0.119. The fourth-order valence-electron chi connectivity index (χ4n) is 4.01. The smallest absolute Gasteiger partial charge is 0.331 e. The number of rotatable bonds is 10. The Hall–Kier alpha value is -2.62. The number of nitrogens with two attached hydrogens (primary N) is 1. The molecule has 5 N–H and O–H groups in total. The minimum Gasteiger partial charge on any atom is -0.494 e. The number of nitrogens with one attached hydrogen (secondary N) is 2. The van der Waals surface area contributed by atoms with Crippen molar-refractivity contribution in [2.24, 2.45) is 11.7 Å². The van der Waals surface area contributed by atoms with Crippen molar-refractivity contribution in [3.05, 3.63) is 26.4 Å². The Morgan fingerprint density at radius 3 is 2.41 bits per heavy atom. The number of carbonyl (C=O) groups excluding carboxylic acids is 1. The topological polar surface area (TPSA) is 149 Å². The molecule has 1 aliphatic rings. The van der Waals surface area contributed by atoms with Gasteiger partial charge in [-0.3, -0.25) is 24.5 Å². The summed E-state index contributed by atoms with van der Waals surface area (Å²) in [6.45, 7) is 3.18. The first-order chi connectivity index (χ1) is 15.1. The molecule has 0 bridgehead atoms. The monoisotopic (exact) mass is 452 g/mol. The number of aromatic hydroxyl groups is 1. The molecule has 1 unspecified atom stereocenters. The zero-order valence-electron chi connectivity index (χ0n) is 19.9. The molecule has 1 aliphatic carbocycles. The van der Waals surface area contributed by atoms with E-state index >= 15 is 0 Å². The van der Waals surface area contributed by atoms with E-state index in [1.54, 1.807) is 0 Å². The van der Waals surface area contributed by atoms with Crippen LogP contribution in [0.5, 0.6) is 5.88 Å². The summed E-state index contributed by atoms with van der Waals surface area (Å²) in [5.41, 5.74) is 3.25. The number of likely N-dealkylation sites (N-methyl/N-ethyl adjacent to an activating group) is 2. The van der Waals surface area contributed by atoms with E-state index in [1.165, 1.54) is 38.5 Å². The van der Waals surface area contributed by atoms with Crippen LogP contribution in [0, 0.1) is 11.3 Å². The first kappa shape index (κ1) is 27.4. The lowest BCUT2D eigenvalue weighted by Crippen LogP contribution is -2.40. The van der Waals surface area contributed by atoms with Gasteiger partial charge in [0.2, 0.25) is 12.3 Å². The average molecular weight is 453 g/mol. The van der Waals surface area contributed by atoms with Gasteiger partial charge < -0.3 is 20.6 Å². The van der Waals surface area contributed by atoms with Crippen molar-refractivity contribution in [1.82, 2.24) is 19.4 Å². The number of unbranched alkanes of at least 4 members (excludes halogenated alkanes) is 1. The number of amidine groups is 1. The molecule has 0 aliphatic heterocycles. The second-order valence-corrected chi connectivity index (χ2v) is 8.80. The van der Waals surface area contributed by atoms with Crippen LogP contribution < -0.4 is 17.0 Å². The van der Waals surface area contributed by atoms with Crippen molar-refractivity contribution < 1.29 is 9.90 Å². The third kappa shape index (κ3) is 8.49. The van der Waals surface area contributed by atoms with E-state index in [0.29, 0.717) is 12.5 Å². The van der Waals surface area contributed by atoms with Crippen molar-refractivity contribution in [3.63, 3.8) is 0 Å². The highest BCUT2D eigenvalue weighted by Gasteiger charge is 2.21. The van der Waals surface area contributed by atoms with Crippen LogP contribution in [0.25, 0.3) is 0 Å². The molecule has 0 saturated heterocycles. The van der Waals surface area contributed by atoms with Gasteiger partial charge in [-0.15, -0.1) is 0 Å². The third-order valence-corrected chi connectivity index (χ3v) is 5.82. The molecule has 0 spiro atoms. The molecular weight excluding hydrogens is 412 g/mol. The van der Waals surface area contributed by atoms with Crippen LogP contribution >= 0.6 is 0 Å². The van der Waals surface area contributed by atoms with Crippen LogP contribution in [-0.4, -0.2) is 70.4 Å². The van der Waals surface area contributed by atoms with Crippen LogP contribution in [0.1, 0.15) is 63.9 Å². The Balaban J connectivity index is 0.000000320. The van der Waals surface area contributed by atoms with E-state index in [0.717, 1.165) is 29.9 Å². The summed E-state index contributed by atoms with van der Waals surface area (Å²) < 4.78 is 1.00. The molecule has 1 atom stereocenters. The quantitative estimate of drug-likeness (QED) is 0.239. The summed E-state index contributed by atoms with van der Waals surface area (Å²) in [6, 6.07) is 0.385. The van der Waals surface area contributed by atoms with Crippen molar-refractivity contribution in [2.45, 2.75) is 70.9 Å². The van der Waals surface area contributed by atoms with Crippen LogP contribution in [0.15, 0.2) is 9.59 Å². The standard InChI is InChI=1S/C13H26N2O.C9H14N4O3/c1-14(2)10-13(15(3)11-16)9-12-7-5-4-6-8-12;1-2-3-4-13-8(15)5(6(10)11)7(14)12-9(13)16/h11-13H,4-10H2,1-3H3;15H,2-4H2,1H3,(H3,10,11)(H,12,14,16). The van der Waals surface area contributed by atoms with E-state index in [1.807, 2.05) is 23.9 Å². The van der Waals surface area contributed by atoms with Crippen LogP contribution in [0.2, 0.25) is 0 Å². The van der Waals surface area contributed by atoms with E-state index in [2.05, 4.69) is 19.0 Å². The summed E-state index contributed by atoms with van der Waals surface area (Å²) in [7, 11) is 6.06. The second kappa shape index (κ2) is 13.7. The van der Waals surface area contributed by atoms with Gasteiger partial charge >= 0.3 is 5.69 Å². The minimum atomic E-state index is -0.845. The Morgan fingerprint density at radius 1 is 1.28 bits per heavy atom. The number of carbonyl (C=O) groups is 1. The molecule has 1 fully saturated rings. The summed E-state index contributed by atoms with van der Waals surface area (Å²) in [5, 5.41) is 16.8. The van der Waals surface area contributed by atoms with E-state index < -0.39 is 23.0 Å². The van der Waals surface area contributed by atoms with Crippen LogP contribution in [0.3, 0.4) is 0 Å². The predicted molar refractivity (Wildman–Crippen MR) is 126 cm³/mol. The fourth-order valence-corrected chi connectivity index (χ4v) is 4.01. The van der Waals surface area contributed by atoms with E-state index in [-0.39, 0.29) is 12.1 Å². The zero-order valence-corrected chi connectivity index (χ0v) is 19.9. The number of hydrogen-bond donors (Lipinski definition) is 4. The molecular formula is C22H40N6O4. The summed E-state index contributed by atoms with van der Waals surface area (Å²) in [4.78, 5) is 39.6. The summed E-state index contributed by atoms with van der Waals surface area (Å²) in [5.74, 6) is -0.278. The van der Waals surface area contributed by atoms with Gasteiger partial charge in [0.1, 0.15) is 11.4 Å². The van der Waals surface area contributed by atoms with Crippen molar-refractivity contribution in [3.8, 4) is 5.88 Å². The highest BCUT2D eigenvalue weighted by atomic mass is 16.3. The minimum absolute atomic E-state index is 0.276. The number of nitrogens with zero attached hydrogens (tertiary/aromatic N) is 3. The Bertz CT molecular complexity index is 842. The summed E-state index contributed by atoms with van der Waals surface area (Å²) in [6.07, 6.45) is 10.5. The normalized spacial score (nSPS) is 15.0. The Kier molecular flexibility index (Phi) is 11.8. The Labute approximate surface area is 189 Å². The van der Waals surface area contributed by atoms with Gasteiger partial charge in [0.05, 0.1) is 0 Å². The van der Waals surface area contributed by atoms with E-state index in [4.69, 9.17) is 11.1 Å². The number of hydrogen-bond acceptors (Lipinski definition) is 6. The molecule has 1 saturated carbocycles. The Morgan fingerprint density at radius 2 is 1.91 bits per heavy atom. The molecule has 10 heteroatoms. The lowest BCUT2D eigenvalue weighted by atomic mass is 9.84. The summed E-state index contributed by atoms with van der Waals surface area (Å²) >= 11 is 0. The molecule has 10 nitrogen and oxygen atoms in total. The molecule has 2 rings (SSSR count). The third-order valence-electron chi connectivity index (χ3n) is 5.82. The number of aromatic amines is 1. The average Bonchev–Trinajstić information content (AvgIpc) is 2.73. The maximum absolute atomic E-state index is 11.4. The molecule has 1 heterocycles. The maximum atomic E-state index is 11.4. The number of H-pyrrole nitrogens is 1. The predicted octanol–water partition coefficient (Wildman–Crippen LogP) is 1.30. The zero-order chi connectivity index (χ0) is 24.3. The number of nitrogen functional groups attached to an aromatic ring is 1. The molecule has 0 aromatic carbocycles. The first-order valence-corrected chi connectivity index (χ1v) is 11.3. The second-order valence-electron chi connectivity index (χ2n) is 8.80. The number of aromatic nitrogens is 2. The largest absolute Gasteiger partial charge is 0.494 e. The van der Waals surface area contributed by atoms with Crippen molar-refractivity contribution in [1.29, 1.82) is 5.41 Å². The number of amides is 1.